The van der Waals surface area contributed by atoms with Crippen LogP contribution in [0.5, 0.6) is 0 Å². The number of hydrogen-bond acceptors (Lipinski definition) is 8. The first-order chi connectivity index (χ1) is 16.5. The lowest BCUT2D eigenvalue weighted by Crippen LogP contribution is -2.49. The molecule has 1 aromatic carbocycles. The molecule has 0 unspecified atom stereocenters. The van der Waals surface area contributed by atoms with Crippen LogP contribution >= 0.6 is 0 Å². The summed E-state index contributed by atoms with van der Waals surface area (Å²) in [7, 11) is -7.38. The van der Waals surface area contributed by atoms with Crippen LogP contribution in [0.3, 0.4) is 0 Å². The molecular formula is C23H27N5O5S2. The molecule has 0 radical (unpaired) electrons. The van der Waals surface area contributed by atoms with Gasteiger partial charge in [0.15, 0.2) is 5.65 Å². The molecule has 12 heteroatoms. The first kappa shape index (κ1) is 23.8. The normalized spacial score (nSPS) is 16.8. The third kappa shape index (κ3) is 4.19. The fourth-order valence-corrected chi connectivity index (χ4v) is 6.61. The van der Waals surface area contributed by atoms with Crippen LogP contribution in [0.4, 0.5) is 0 Å². The van der Waals surface area contributed by atoms with Gasteiger partial charge in [-0.15, -0.1) is 0 Å². The molecule has 0 aliphatic carbocycles. The lowest BCUT2D eigenvalue weighted by molar-refractivity contribution is 0.0647. The van der Waals surface area contributed by atoms with Crippen molar-refractivity contribution in [2.75, 3.05) is 23.9 Å². The zero-order chi connectivity index (χ0) is 25.0. The Morgan fingerprint density at radius 3 is 2.37 bits per heavy atom. The summed E-state index contributed by atoms with van der Waals surface area (Å²) in [6, 6.07) is 8.44. The minimum Gasteiger partial charge on any atom is -0.311 e. The van der Waals surface area contributed by atoms with Crippen molar-refractivity contribution in [3.63, 3.8) is 0 Å². The molecule has 1 aliphatic rings. The highest BCUT2D eigenvalue weighted by atomic mass is 32.2. The van der Waals surface area contributed by atoms with Crippen molar-refractivity contribution in [1.82, 2.24) is 18.6 Å². The highest BCUT2D eigenvalue weighted by Gasteiger charge is 2.36. The Bertz CT molecular complexity index is 1610. The Morgan fingerprint density at radius 2 is 1.71 bits per heavy atom. The molecule has 35 heavy (non-hydrogen) atoms. The Hall–Kier alpha value is -2.96. The second kappa shape index (κ2) is 8.32. The van der Waals surface area contributed by atoms with E-state index in [0.717, 1.165) is 11.1 Å². The Balaban J connectivity index is 1.51. The lowest BCUT2D eigenvalue weighted by atomic mass is 9.95. The van der Waals surface area contributed by atoms with Crippen LogP contribution in [0.15, 0.2) is 53.9 Å². The molecule has 1 aliphatic heterocycles. The molecule has 0 atom stereocenters. The van der Waals surface area contributed by atoms with Gasteiger partial charge in [-0.3, -0.25) is 4.18 Å². The molecule has 0 amide bonds. The summed E-state index contributed by atoms with van der Waals surface area (Å²) in [6.07, 6.45) is 5.80. The van der Waals surface area contributed by atoms with Crippen molar-refractivity contribution in [1.29, 1.82) is 0 Å². The zero-order valence-electron chi connectivity index (χ0n) is 19.7. The molecule has 4 aromatic rings. The summed E-state index contributed by atoms with van der Waals surface area (Å²) in [5, 5.41) is 2.72. The second-order valence-electron chi connectivity index (χ2n) is 9.08. The summed E-state index contributed by atoms with van der Waals surface area (Å²) < 4.78 is 59.2. The highest BCUT2D eigenvalue weighted by Crippen LogP contribution is 2.31. The second-order valence-corrected chi connectivity index (χ2v) is 12.8. The van der Waals surface area contributed by atoms with E-state index in [-0.39, 0.29) is 10.6 Å². The first-order valence-electron chi connectivity index (χ1n) is 11.4. The van der Waals surface area contributed by atoms with Crippen LogP contribution in [0.2, 0.25) is 0 Å². The van der Waals surface area contributed by atoms with Gasteiger partial charge in [0.25, 0.3) is 20.1 Å². The number of fused-ring (bicyclic) bond motifs is 3. The first-order valence-corrected chi connectivity index (χ1v) is 14.4. The molecule has 0 bridgehead atoms. The number of imidazole rings is 1. The maximum Gasteiger partial charge on any atom is 0.269 e. The van der Waals surface area contributed by atoms with Crippen molar-refractivity contribution in [3.05, 3.63) is 54.6 Å². The van der Waals surface area contributed by atoms with Crippen molar-refractivity contribution >= 4 is 42.2 Å². The smallest absolute Gasteiger partial charge is 0.269 e. The van der Waals surface area contributed by atoms with Crippen molar-refractivity contribution in [3.8, 4) is 0 Å². The van der Waals surface area contributed by atoms with Gasteiger partial charge in [-0.25, -0.2) is 27.0 Å². The fourth-order valence-electron chi connectivity index (χ4n) is 4.41. The van der Waals surface area contributed by atoms with E-state index in [1.807, 2.05) is 18.5 Å². The predicted octanol–water partition coefficient (Wildman–Crippen LogP) is 2.79. The van der Waals surface area contributed by atoms with Crippen molar-refractivity contribution in [2.24, 2.45) is 0 Å². The summed E-state index contributed by atoms with van der Waals surface area (Å²) in [4.78, 5) is 9.07. The van der Waals surface area contributed by atoms with Crippen LogP contribution in [0.25, 0.3) is 22.1 Å². The molecule has 186 valence electrons. The third-order valence-electron chi connectivity index (χ3n) is 6.53. The van der Waals surface area contributed by atoms with Gasteiger partial charge in [0.1, 0.15) is 17.4 Å². The summed E-state index contributed by atoms with van der Waals surface area (Å²) in [5.41, 5.74) is 1.92. The van der Waals surface area contributed by atoms with Gasteiger partial charge in [0.05, 0.1) is 22.4 Å². The standard InChI is InChI=1S/C23H27N5O5S2/c1-4-34(29,30)33-23(3)10-13-26(14-11-23)27-16-25-20-15-24-22-19(21(20)27)9-12-28(22)35(31,32)18-7-5-17(2)6-8-18/h5-9,12,15-16H,4,10-11,13-14H2,1-3H3. The van der Waals surface area contributed by atoms with Gasteiger partial charge >= 0.3 is 0 Å². The average molecular weight is 518 g/mol. The molecule has 1 fully saturated rings. The molecule has 0 saturated carbocycles. The van der Waals surface area contributed by atoms with Crippen LogP contribution in [0, 0.1) is 6.92 Å². The molecule has 1 saturated heterocycles. The van der Waals surface area contributed by atoms with E-state index >= 15 is 0 Å². The van der Waals surface area contributed by atoms with Gasteiger partial charge in [-0.1, -0.05) is 17.7 Å². The van der Waals surface area contributed by atoms with E-state index in [1.165, 1.54) is 10.2 Å². The zero-order valence-corrected chi connectivity index (χ0v) is 21.4. The molecular weight excluding hydrogens is 490 g/mol. The van der Waals surface area contributed by atoms with Crippen molar-refractivity contribution < 1.29 is 21.0 Å². The molecule has 0 N–H and O–H groups in total. The van der Waals surface area contributed by atoms with E-state index in [9.17, 15) is 16.8 Å². The number of pyridine rings is 1. The highest BCUT2D eigenvalue weighted by molar-refractivity contribution is 7.90. The maximum atomic E-state index is 13.3. The monoisotopic (exact) mass is 517 g/mol. The van der Waals surface area contributed by atoms with Crippen LogP contribution in [0.1, 0.15) is 32.3 Å². The number of aromatic nitrogens is 4. The lowest BCUT2D eigenvalue weighted by Gasteiger charge is -2.39. The van der Waals surface area contributed by atoms with Gasteiger partial charge < -0.3 is 5.01 Å². The van der Waals surface area contributed by atoms with E-state index in [2.05, 4.69) is 15.0 Å². The quantitative estimate of drug-likeness (QED) is 0.359. The van der Waals surface area contributed by atoms with E-state index in [0.29, 0.717) is 42.5 Å². The average Bonchev–Trinajstić information content (AvgIpc) is 3.44. The van der Waals surface area contributed by atoms with Crippen LogP contribution in [-0.2, 0) is 24.3 Å². The number of aryl methyl sites for hydroxylation is 1. The van der Waals surface area contributed by atoms with Crippen LogP contribution < -0.4 is 5.01 Å². The summed E-state index contributed by atoms with van der Waals surface area (Å²) in [6.45, 7) is 6.39. The fraction of sp³-hybridized carbons (Fsp3) is 0.391. The topological polar surface area (TPSA) is 116 Å². The number of hydrogen-bond donors (Lipinski definition) is 0. The number of nitrogens with zero attached hydrogens (tertiary/aromatic N) is 5. The Labute approximate surface area is 204 Å². The van der Waals surface area contributed by atoms with Crippen molar-refractivity contribution in [2.45, 2.75) is 44.1 Å². The Morgan fingerprint density at radius 1 is 1.03 bits per heavy atom. The molecule has 10 nitrogen and oxygen atoms in total. The summed E-state index contributed by atoms with van der Waals surface area (Å²) >= 11 is 0. The van der Waals surface area contributed by atoms with Gasteiger partial charge in [-0.2, -0.15) is 8.42 Å². The molecule has 5 rings (SSSR count). The number of benzene rings is 1. The minimum absolute atomic E-state index is 0.0636. The van der Waals surface area contributed by atoms with E-state index < -0.39 is 25.7 Å². The number of piperidine rings is 1. The largest absolute Gasteiger partial charge is 0.311 e. The van der Waals surface area contributed by atoms with Gasteiger partial charge in [-0.05, 0) is 51.8 Å². The predicted molar refractivity (Wildman–Crippen MR) is 133 cm³/mol. The van der Waals surface area contributed by atoms with E-state index in [1.54, 1.807) is 49.8 Å². The molecule has 3 aromatic heterocycles. The SMILES string of the molecule is CCS(=O)(=O)OC1(C)CCN(n2cnc3cnc4c(ccn4S(=O)(=O)c4ccc(C)cc4)c32)CC1. The summed E-state index contributed by atoms with van der Waals surface area (Å²) in [5.74, 6) is -0.0636. The Kier molecular flexibility index (Phi) is 5.65. The van der Waals surface area contributed by atoms with Gasteiger partial charge in [0, 0.05) is 24.7 Å². The third-order valence-corrected chi connectivity index (χ3v) is 9.57. The molecule has 0 spiro atoms. The van der Waals surface area contributed by atoms with Gasteiger partial charge in [0.2, 0.25) is 0 Å². The minimum atomic E-state index is -3.83. The molecule has 4 heterocycles. The van der Waals surface area contributed by atoms with Crippen LogP contribution in [-0.4, -0.2) is 59.9 Å². The maximum absolute atomic E-state index is 13.3. The van der Waals surface area contributed by atoms with E-state index in [4.69, 9.17) is 4.18 Å². The number of rotatable bonds is 6.